The second-order valence-corrected chi connectivity index (χ2v) is 9.04. The molecule has 3 unspecified atom stereocenters. The number of hydrogen-bond acceptors (Lipinski definition) is 3. The topological polar surface area (TPSA) is 63.4 Å². The van der Waals surface area contributed by atoms with E-state index in [2.05, 4.69) is 15.9 Å². The minimum absolute atomic E-state index is 0.144. The Morgan fingerprint density at radius 2 is 2.05 bits per heavy atom. The molecule has 3 atom stereocenters. The van der Waals surface area contributed by atoms with Gasteiger partial charge in [0.2, 0.25) is 10.0 Å². The largest absolute Gasteiger partial charge is 0.327 e. The Kier molecular flexibility index (Phi) is 4.16. The molecule has 1 saturated carbocycles. The Morgan fingerprint density at radius 3 is 2.71 bits per heavy atom. The summed E-state index contributed by atoms with van der Waals surface area (Å²) >= 11 is 3.39. The summed E-state index contributed by atoms with van der Waals surface area (Å²) in [5.74, 6) is 0.741. The van der Waals surface area contributed by atoms with Gasteiger partial charge in [-0.3, -0.25) is 0 Å². The van der Waals surface area contributed by atoms with Crippen LogP contribution in [0.3, 0.4) is 0 Å². The molecule has 21 heavy (non-hydrogen) atoms. The van der Waals surface area contributed by atoms with E-state index in [0.717, 1.165) is 24.8 Å². The molecule has 1 aromatic carbocycles. The molecule has 1 heterocycles. The van der Waals surface area contributed by atoms with E-state index in [4.69, 9.17) is 5.73 Å². The molecular weight excluding hydrogens is 352 g/mol. The number of aryl methyl sites for hydroxylation is 1. The van der Waals surface area contributed by atoms with Crippen LogP contribution in [0.5, 0.6) is 0 Å². The molecule has 0 spiro atoms. The van der Waals surface area contributed by atoms with Crippen LogP contribution in [0.2, 0.25) is 0 Å². The summed E-state index contributed by atoms with van der Waals surface area (Å²) in [5.41, 5.74) is 7.22. The fraction of sp³-hybridized carbons (Fsp3) is 0.600. The van der Waals surface area contributed by atoms with Crippen molar-refractivity contribution in [3.63, 3.8) is 0 Å². The highest BCUT2D eigenvalue weighted by molar-refractivity contribution is 9.10. The highest BCUT2D eigenvalue weighted by Crippen LogP contribution is 2.38. The van der Waals surface area contributed by atoms with E-state index in [9.17, 15) is 8.42 Å². The maximum atomic E-state index is 12.9. The van der Waals surface area contributed by atoms with E-state index in [1.165, 1.54) is 0 Å². The molecule has 1 aromatic rings. The molecule has 0 amide bonds. The van der Waals surface area contributed by atoms with Gasteiger partial charge in [0, 0.05) is 23.6 Å². The number of nitrogens with two attached hydrogens (primary N) is 1. The van der Waals surface area contributed by atoms with Gasteiger partial charge >= 0.3 is 0 Å². The quantitative estimate of drug-likeness (QED) is 0.867. The Bertz CT molecular complexity index is 647. The molecule has 6 heteroatoms. The molecular formula is C15H21BrN2O2S. The van der Waals surface area contributed by atoms with Crippen molar-refractivity contribution in [2.75, 3.05) is 13.1 Å². The summed E-state index contributed by atoms with van der Waals surface area (Å²) < 4.78 is 28.0. The highest BCUT2D eigenvalue weighted by Gasteiger charge is 2.43. The smallest absolute Gasteiger partial charge is 0.244 e. The highest BCUT2D eigenvalue weighted by atomic mass is 79.9. The third-order valence-electron chi connectivity index (χ3n) is 4.83. The van der Waals surface area contributed by atoms with E-state index in [0.29, 0.717) is 34.3 Å². The lowest BCUT2D eigenvalue weighted by Gasteiger charge is -2.29. The molecule has 1 aliphatic heterocycles. The fourth-order valence-corrected chi connectivity index (χ4v) is 6.31. The number of hydrogen-bond donors (Lipinski definition) is 1. The molecule has 2 aliphatic rings. The average molecular weight is 373 g/mol. The third kappa shape index (κ3) is 2.79. The first-order valence-corrected chi connectivity index (χ1v) is 9.65. The van der Waals surface area contributed by atoms with Gasteiger partial charge in [-0.15, -0.1) is 0 Å². The van der Waals surface area contributed by atoms with Gasteiger partial charge in [0.25, 0.3) is 0 Å². The Labute approximate surface area is 134 Å². The number of nitrogens with zero attached hydrogens (tertiary/aromatic N) is 1. The SMILES string of the molecule is Cc1ccc(S(=O)(=O)N2CC3CCCC(N)C3C2)c(Br)c1. The maximum absolute atomic E-state index is 12.9. The van der Waals surface area contributed by atoms with Crippen molar-refractivity contribution in [1.29, 1.82) is 0 Å². The Hall–Kier alpha value is -0.430. The summed E-state index contributed by atoms with van der Waals surface area (Å²) in [6, 6.07) is 5.52. The molecule has 0 radical (unpaired) electrons. The second kappa shape index (κ2) is 5.65. The van der Waals surface area contributed by atoms with Gasteiger partial charge in [0.05, 0.1) is 4.90 Å². The van der Waals surface area contributed by atoms with E-state index >= 15 is 0 Å². The van der Waals surface area contributed by atoms with Gasteiger partial charge in [-0.05, 0) is 65.2 Å². The molecule has 2 fully saturated rings. The normalized spacial score (nSPS) is 30.3. The number of benzene rings is 1. The van der Waals surface area contributed by atoms with Crippen LogP contribution < -0.4 is 5.73 Å². The van der Waals surface area contributed by atoms with E-state index in [1.807, 2.05) is 19.1 Å². The zero-order chi connectivity index (χ0) is 15.2. The molecule has 0 bridgehead atoms. The molecule has 3 rings (SSSR count). The van der Waals surface area contributed by atoms with Gasteiger partial charge in [-0.25, -0.2) is 8.42 Å². The predicted octanol–water partition coefficient (Wildman–Crippen LogP) is 2.51. The van der Waals surface area contributed by atoms with Crippen LogP contribution in [0.15, 0.2) is 27.6 Å². The monoisotopic (exact) mass is 372 g/mol. The average Bonchev–Trinajstić information content (AvgIpc) is 2.84. The summed E-state index contributed by atoms with van der Waals surface area (Å²) in [6.45, 7) is 3.13. The van der Waals surface area contributed by atoms with Crippen molar-refractivity contribution < 1.29 is 8.42 Å². The van der Waals surface area contributed by atoms with Crippen LogP contribution in [0.1, 0.15) is 24.8 Å². The van der Waals surface area contributed by atoms with Crippen LogP contribution in [0.25, 0.3) is 0 Å². The minimum Gasteiger partial charge on any atom is -0.327 e. The first-order valence-electron chi connectivity index (χ1n) is 7.41. The van der Waals surface area contributed by atoms with Crippen LogP contribution in [0.4, 0.5) is 0 Å². The summed E-state index contributed by atoms with van der Waals surface area (Å²) in [7, 11) is -3.44. The first kappa shape index (κ1) is 15.5. The van der Waals surface area contributed by atoms with Crippen molar-refractivity contribution in [2.45, 2.75) is 37.1 Å². The lowest BCUT2D eigenvalue weighted by atomic mass is 9.78. The van der Waals surface area contributed by atoms with Gasteiger partial charge in [0.1, 0.15) is 0 Å². The Balaban J connectivity index is 1.89. The number of rotatable bonds is 2. The van der Waals surface area contributed by atoms with E-state index < -0.39 is 10.0 Å². The lowest BCUT2D eigenvalue weighted by Crippen LogP contribution is -2.38. The van der Waals surface area contributed by atoms with Gasteiger partial charge < -0.3 is 5.73 Å². The Morgan fingerprint density at radius 1 is 1.29 bits per heavy atom. The van der Waals surface area contributed by atoms with Crippen LogP contribution in [0, 0.1) is 18.8 Å². The summed E-state index contributed by atoms with van der Waals surface area (Å²) in [5, 5.41) is 0. The van der Waals surface area contributed by atoms with Crippen molar-refractivity contribution in [2.24, 2.45) is 17.6 Å². The molecule has 2 N–H and O–H groups in total. The van der Waals surface area contributed by atoms with Gasteiger partial charge in [-0.2, -0.15) is 4.31 Å². The lowest BCUT2D eigenvalue weighted by molar-refractivity contribution is 0.260. The third-order valence-corrected chi connectivity index (χ3v) is 7.63. The summed E-state index contributed by atoms with van der Waals surface area (Å²) in [6.07, 6.45) is 3.23. The van der Waals surface area contributed by atoms with Gasteiger partial charge in [-0.1, -0.05) is 12.5 Å². The van der Waals surface area contributed by atoms with Crippen molar-refractivity contribution >= 4 is 26.0 Å². The second-order valence-electron chi connectivity index (χ2n) is 6.27. The number of sulfonamides is 1. The van der Waals surface area contributed by atoms with Crippen LogP contribution >= 0.6 is 15.9 Å². The van der Waals surface area contributed by atoms with Crippen LogP contribution in [-0.4, -0.2) is 31.9 Å². The minimum atomic E-state index is -3.44. The van der Waals surface area contributed by atoms with Crippen LogP contribution in [-0.2, 0) is 10.0 Å². The molecule has 116 valence electrons. The standard InChI is InChI=1S/C15H21BrN2O2S/c1-10-5-6-15(13(16)7-10)21(19,20)18-8-11-3-2-4-14(17)12(11)9-18/h5-7,11-12,14H,2-4,8-9,17H2,1H3. The number of halogens is 1. The van der Waals surface area contributed by atoms with E-state index in [1.54, 1.807) is 10.4 Å². The zero-order valence-corrected chi connectivity index (χ0v) is 14.5. The van der Waals surface area contributed by atoms with E-state index in [-0.39, 0.29) is 6.04 Å². The maximum Gasteiger partial charge on any atom is 0.244 e. The summed E-state index contributed by atoms with van der Waals surface area (Å²) in [4.78, 5) is 0.361. The fourth-order valence-electron chi connectivity index (χ4n) is 3.63. The zero-order valence-electron chi connectivity index (χ0n) is 12.1. The molecule has 0 aromatic heterocycles. The number of fused-ring (bicyclic) bond motifs is 1. The molecule has 4 nitrogen and oxygen atoms in total. The van der Waals surface area contributed by atoms with Crippen molar-refractivity contribution in [3.05, 3.63) is 28.2 Å². The molecule has 1 aliphatic carbocycles. The van der Waals surface area contributed by atoms with Crippen molar-refractivity contribution in [1.82, 2.24) is 4.31 Å². The van der Waals surface area contributed by atoms with Crippen molar-refractivity contribution in [3.8, 4) is 0 Å². The van der Waals surface area contributed by atoms with Gasteiger partial charge in [0.15, 0.2) is 0 Å². The molecule has 1 saturated heterocycles. The first-order chi connectivity index (χ1) is 9.89. The predicted molar refractivity (Wildman–Crippen MR) is 86.4 cm³/mol.